The number of allylic oxidation sites excluding steroid dienone is 1. The average Bonchev–Trinajstić information content (AvgIpc) is 3.33. The lowest BCUT2D eigenvalue weighted by Crippen LogP contribution is -2.41. The van der Waals surface area contributed by atoms with Crippen molar-refractivity contribution in [3.05, 3.63) is 114 Å². The number of fused-ring (bicyclic) bond motifs is 1. The molecule has 4 aromatic rings. The van der Waals surface area contributed by atoms with Crippen LogP contribution in [0.4, 0.5) is 0 Å². The van der Waals surface area contributed by atoms with E-state index >= 15 is 0 Å². The van der Waals surface area contributed by atoms with E-state index in [4.69, 9.17) is 19.9 Å². The quantitative estimate of drug-likeness (QED) is 0.304. The molecular formula is C31H28N2O7S2. The summed E-state index contributed by atoms with van der Waals surface area (Å²) in [5, 5.41) is 0. The molecular weight excluding hydrogens is 576 g/mol. The van der Waals surface area contributed by atoms with Gasteiger partial charge in [0.2, 0.25) is 9.84 Å². The SMILES string of the molecule is CCOC(=O)C1=c2s/c(=C/c3ccccc3OC)c(=O)n2C(N)=C(S(=O)(=O)c2ccccc2)C1c1ccccc1OC. The fraction of sp³-hybridized carbons (Fsp3) is 0.161. The third-order valence-electron chi connectivity index (χ3n) is 6.81. The first-order valence-electron chi connectivity index (χ1n) is 13.0. The molecule has 1 aliphatic heterocycles. The van der Waals surface area contributed by atoms with Crippen LogP contribution in [-0.4, -0.2) is 39.8 Å². The largest absolute Gasteiger partial charge is 0.496 e. The van der Waals surface area contributed by atoms with Gasteiger partial charge in [-0.3, -0.25) is 9.36 Å². The fourth-order valence-corrected chi connectivity index (χ4v) is 7.80. The maximum absolute atomic E-state index is 14.3. The highest BCUT2D eigenvalue weighted by Gasteiger charge is 2.43. The minimum Gasteiger partial charge on any atom is -0.496 e. The van der Waals surface area contributed by atoms with Crippen LogP contribution in [0.2, 0.25) is 0 Å². The number of hydrogen-bond acceptors (Lipinski definition) is 9. The van der Waals surface area contributed by atoms with Gasteiger partial charge < -0.3 is 19.9 Å². The topological polar surface area (TPSA) is 127 Å². The first-order valence-corrected chi connectivity index (χ1v) is 15.3. The summed E-state index contributed by atoms with van der Waals surface area (Å²) in [6.45, 7) is 1.67. The molecule has 0 radical (unpaired) electrons. The van der Waals surface area contributed by atoms with E-state index in [1.54, 1.807) is 79.7 Å². The lowest BCUT2D eigenvalue weighted by Gasteiger charge is -2.28. The van der Waals surface area contributed by atoms with Gasteiger partial charge in [0.05, 0.1) is 41.7 Å². The molecule has 0 spiro atoms. The summed E-state index contributed by atoms with van der Waals surface area (Å²) in [6, 6.07) is 21.6. The number of para-hydroxylation sites is 2. The zero-order valence-electron chi connectivity index (χ0n) is 23.1. The van der Waals surface area contributed by atoms with Gasteiger partial charge in [-0.15, -0.1) is 11.3 Å². The van der Waals surface area contributed by atoms with Crippen LogP contribution in [-0.2, 0) is 19.4 Å². The number of sulfone groups is 1. The molecule has 216 valence electrons. The number of ether oxygens (including phenoxy) is 3. The Hall–Kier alpha value is -4.61. The summed E-state index contributed by atoms with van der Waals surface area (Å²) < 4.78 is 46.6. The number of nitrogens with zero attached hydrogens (tertiary/aromatic N) is 1. The van der Waals surface area contributed by atoms with Crippen molar-refractivity contribution in [1.82, 2.24) is 4.57 Å². The first-order chi connectivity index (χ1) is 20.2. The Morgan fingerprint density at radius 3 is 2.24 bits per heavy atom. The third-order valence-corrected chi connectivity index (χ3v) is 9.84. The van der Waals surface area contributed by atoms with Crippen molar-refractivity contribution in [2.75, 3.05) is 20.8 Å². The number of benzene rings is 3. The molecule has 0 bridgehead atoms. The fourth-order valence-electron chi connectivity index (χ4n) is 4.96. The Kier molecular flexibility index (Phi) is 8.06. The van der Waals surface area contributed by atoms with Crippen molar-refractivity contribution in [2.24, 2.45) is 5.73 Å². The normalized spacial score (nSPS) is 15.4. The van der Waals surface area contributed by atoms with Crippen molar-refractivity contribution in [3.8, 4) is 11.5 Å². The number of rotatable bonds is 8. The van der Waals surface area contributed by atoms with Crippen molar-refractivity contribution < 1.29 is 27.4 Å². The van der Waals surface area contributed by atoms with Crippen molar-refractivity contribution in [3.63, 3.8) is 0 Å². The number of hydrogen-bond donors (Lipinski definition) is 1. The van der Waals surface area contributed by atoms with Gasteiger partial charge >= 0.3 is 5.97 Å². The maximum atomic E-state index is 14.3. The van der Waals surface area contributed by atoms with Crippen LogP contribution in [0.5, 0.6) is 11.5 Å². The molecule has 1 atom stereocenters. The zero-order chi connectivity index (χ0) is 30.0. The number of methoxy groups -OCH3 is 2. The minimum atomic E-state index is -4.35. The van der Waals surface area contributed by atoms with E-state index in [1.807, 2.05) is 0 Å². The van der Waals surface area contributed by atoms with Crippen molar-refractivity contribution in [2.45, 2.75) is 17.7 Å². The van der Waals surface area contributed by atoms with Gasteiger partial charge in [-0.05, 0) is 37.3 Å². The lowest BCUT2D eigenvalue weighted by molar-refractivity contribution is -0.136. The van der Waals surface area contributed by atoms with Crippen molar-refractivity contribution in [1.29, 1.82) is 0 Å². The molecule has 0 amide bonds. The van der Waals surface area contributed by atoms with E-state index in [0.29, 0.717) is 22.6 Å². The highest BCUT2D eigenvalue weighted by atomic mass is 32.2. The molecule has 1 aliphatic rings. The molecule has 0 saturated carbocycles. The van der Waals surface area contributed by atoms with Gasteiger partial charge in [0.1, 0.15) is 26.9 Å². The summed E-state index contributed by atoms with van der Waals surface area (Å²) in [6.07, 6.45) is 1.62. The van der Waals surface area contributed by atoms with Crippen LogP contribution in [0.25, 0.3) is 17.5 Å². The smallest absolute Gasteiger partial charge is 0.338 e. The second-order valence-electron chi connectivity index (χ2n) is 9.17. The number of nitrogens with two attached hydrogens (primary N) is 1. The molecule has 5 rings (SSSR count). The first kappa shape index (κ1) is 28.9. The van der Waals surface area contributed by atoms with Crippen LogP contribution in [0.3, 0.4) is 0 Å². The Morgan fingerprint density at radius 2 is 1.57 bits per heavy atom. The van der Waals surface area contributed by atoms with Gasteiger partial charge in [-0.2, -0.15) is 0 Å². The molecule has 2 heterocycles. The molecule has 11 heteroatoms. The van der Waals surface area contributed by atoms with Crippen LogP contribution in [0.15, 0.2) is 93.5 Å². The number of carbonyl (C=O) groups excluding carboxylic acids is 1. The van der Waals surface area contributed by atoms with E-state index < -0.39 is 27.3 Å². The Morgan fingerprint density at radius 1 is 0.952 bits per heavy atom. The van der Waals surface area contributed by atoms with Gasteiger partial charge in [-0.25, -0.2) is 13.2 Å². The van der Waals surface area contributed by atoms with Gasteiger partial charge in [0.15, 0.2) is 0 Å². The summed E-state index contributed by atoms with van der Waals surface area (Å²) in [5.41, 5.74) is 7.04. The van der Waals surface area contributed by atoms with Gasteiger partial charge in [-0.1, -0.05) is 54.6 Å². The average molecular weight is 605 g/mol. The number of aromatic nitrogens is 1. The number of thiazole rings is 1. The standard InChI is InChI=1S/C31H28N2O7S2/c1-4-40-31(35)26-25(21-15-9-11-17-23(21)39-3)27(42(36,37)20-13-6-5-7-14-20)28(32)33-29(34)24(41-30(26)33)18-19-12-8-10-16-22(19)38-2/h5-18,25H,4,32H2,1-3H3/b24-18+. The number of esters is 1. The zero-order valence-corrected chi connectivity index (χ0v) is 24.7. The molecule has 1 unspecified atom stereocenters. The van der Waals surface area contributed by atoms with E-state index in [-0.39, 0.29) is 37.0 Å². The molecule has 42 heavy (non-hydrogen) atoms. The maximum Gasteiger partial charge on any atom is 0.338 e. The second-order valence-corrected chi connectivity index (χ2v) is 12.1. The highest BCUT2D eigenvalue weighted by Crippen LogP contribution is 2.45. The molecule has 0 saturated heterocycles. The number of carbonyl (C=O) groups is 1. The highest BCUT2D eigenvalue weighted by molar-refractivity contribution is 7.95. The molecule has 0 fully saturated rings. The van der Waals surface area contributed by atoms with E-state index in [9.17, 15) is 18.0 Å². The third kappa shape index (κ3) is 4.90. The molecule has 0 aliphatic carbocycles. The summed E-state index contributed by atoms with van der Waals surface area (Å²) in [7, 11) is -1.38. The van der Waals surface area contributed by atoms with Gasteiger partial charge in [0, 0.05) is 11.1 Å². The monoisotopic (exact) mass is 604 g/mol. The molecule has 1 aromatic heterocycles. The van der Waals surface area contributed by atoms with Crippen molar-refractivity contribution >= 4 is 44.6 Å². The minimum absolute atomic E-state index is 0.0246. The van der Waals surface area contributed by atoms with E-state index in [0.717, 1.165) is 15.9 Å². The Balaban J connectivity index is 1.96. The molecule has 2 N–H and O–H groups in total. The Labute approximate surface area is 246 Å². The predicted molar refractivity (Wildman–Crippen MR) is 161 cm³/mol. The summed E-state index contributed by atoms with van der Waals surface area (Å²) >= 11 is 1.01. The molecule has 9 nitrogen and oxygen atoms in total. The van der Waals surface area contributed by atoms with Crippen LogP contribution in [0, 0.1) is 0 Å². The second kappa shape index (κ2) is 11.7. The van der Waals surface area contributed by atoms with Crippen LogP contribution in [0.1, 0.15) is 24.0 Å². The van der Waals surface area contributed by atoms with E-state index in [1.165, 1.54) is 26.4 Å². The van der Waals surface area contributed by atoms with E-state index in [2.05, 4.69) is 0 Å². The van der Waals surface area contributed by atoms with Crippen LogP contribution >= 0.6 is 11.3 Å². The Bertz CT molecular complexity index is 1990. The van der Waals surface area contributed by atoms with Crippen LogP contribution < -0.4 is 30.0 Å². The lowest BCUT2D eigenvalue weighted by atomic mass is 9.89. The van der Waals surface area contributed by atoms with Gasteiger partial charge in [0.25, 0.3) is 5.56 Å². The molecule has 3 aromatic carbocycles. The summed E-state index contributed by atoms with van der Waals surface area (Å²) in [5.74, 6) is -1.45. The summed E-state index contributed by atoms with van der Waals surface area (Å²) in [4.78, 5) is 27.3. The predicted octanol–water partition coefficient (Wildman–Crippen LogP) is 2.83.